The van der Waals surface area contributed by atoms with E-state index in [2.05, 4.69) is 20.7 Å². The molecule has 0 bridgehead atoms. The minimum Gasteiger partial charge on any atom is -0.349 e. The molecule has 116 valence electrons. The summed E-state index contributed by atoms with van der Waals surface area (Å²) in [5, 5.41) is 12.8. The van der Waals surface area contributed by atoms with Crippen molar-refractivity contribution >= 4 is 17.7 Å². The monoisotopic (exact) mass is 324 g/mol. The van der Waals surface area contributed by atoms with Gasteiger partial charge in [-0.2, -0.15) is 15.4 Å². The molecule has 6 heteroatoms. The summed E-state index contributed by atoms with van der Waals surface area (Å²) in [6.45, 7) is 0.355. The average molecular weight is 324 g/mol. The lowest BCUT2D eigenvalue weighted by molar-refractivity contribution is -0.120. The van der Waals surface area contributed by atoms with Gasteiger partial charge in [0.15, 0.2) is 0 Å². The number of amides is 1. The van der Waals surface area contributed by atoms with E-state index in [0.29, 0.717) is 12.2 Å². The fraction of sp³-hybridized carbons (Fsp3) is 0.118. The van der Waals surface area contributed by atoms with Crippen LogP contribution in [0, 0.1) is 0 Å². The van der Waals surface area contributed by atoms with E-state index in [1.807, 2.05) is 60.7 Å². The van der Waals surface area contributed by atoms with Gasteiger partial charge in [-0.15, -0.1) is 11.8 Å². The van der Waals surface area contributed by atoms with Crippen molar-refractivity contribution in [3.8, 4) is 0 Å². The third-order valence-corrected chi connectivity index (χ3v) is 4.51. The summed E-state index contributed by atoms with van der Waals surface area (Å²) < 4.78 is 0. The first kappa shape index (κ1) is 15.3. The van der Waals surface area contributed by atoms with Crippen molar-refractivity contribution in [2.24, 2.45) is 0 Å². The first-order chi connectivity index (χ1) is 11.3. The summed E-state index contributed by atoms with van der Waals surface area (Å²) >= 11 is 1.53. The van der Waals surface area contributed by atoms with Crippen LogP contribution in [-0.4, -0.2) is 21.3 Å². The summed E-state index contributed by atoms with van der Waals surface area (Å²) in [6, 6.07) is 19.7. The minimum atomic E-state index is -0.314. The zero-order chi connectivity index (χ0) is 15.9. The first-order valence-electron chi connectivity index (χ1n) is 7.22. The number of aromatic nitrogens is 3. The van der Waals surface area contributed by atoms with E-state index >= 15 is 0 Å². The number of hydrogen-bond acceptors (Lipinski definition) is 4. The Morgan fingerprint density at radius 2 is 1.78 bits per heavy atom. The minimum absolute atomic E-state index is 0.0481. The number of thioether (sulfide) groups is 1. The molecule has 3 rings (SSSR count). The third-order valence-electron chi connectivity index (χ3n) is 3.25. The summed E-state index contributed by atoms with van der Waals surface area (Å²) in [5.41, 5.74) is 1.67. The van der Waals surface area contributed by atoms with Crippen LogP contribution < -0.4 is 5.32 Å². The van der Waals surface area contributed by atoms with E-state index in [0.717, 1.165) is 10.5 Å². The molecular weight excluding hydrogens is 308 g/mol. The number of hydrogen-bond donors (Lipinski definition) is 2. The SMILES string of the molecule is O=C(NCc1cn[nH]n1)[C@@H](Sc1ccccc1)c1ccccc1. The second-order valence-corrected chi connectivity index (χ2v) is 6.08. The van der Waals surface area contributed by atoms with Crippen LogP contribution >= 0.6 is 11.8 Å². The summed E-state index contributed by atoms with van der Waals surface area (Å²) in [5.74, 6) is -0.0481. The van der Waals surface area contributed by atoms with Crippen LogP contribution in [0.3, 0.4) is 0 Å². The van der Waals surface area contributed by atoms with Crippen molar-refractivity contribution in [1.29, 1.82) is 0 Å². The molecule has 5 nitrogen and oxygen atoms in total. The largest absolute Gasteiger partial charge is 0.349 e. The highest BCUT2D eigenvalue weighted by Crippen LogP contribution is 2.35. The number of benzene rings is 2. The Morgan fingerprint density at radius 3 is 2.43 bits per heavy atom. The van der Waals surface area contributed by atoms with Gasteiger partial charge in [-0.3, -0.25) is 4.79 Å². The Balaban J connectivity index is 1.75. The maximum absolute atomic E-state index is 12.7. The van der Waals surface area contributed by atoms with Gasteiger partial charge in [-0.25, -0.2) is 0 Å². The van der Waals surface area contributed by atoms with Crippen molar-refractivity contribution in [2.45, 2.75) is 16.7 Å². The second-order valence-electron chi connectivity index (χ2n) is 4.90. The van der Waals surface area contributed by atoms with Crippen LogP contribution in [-0.2, 0) is 11.3 Å². The predicted molar refractivity (Wildman–Crippen MR) is 89.7 cm³/mol. The maximum atomic E-state index is 12.7. The molecule has 0 saturated heterocycles. The van der Waals surface area contributed by atoms with Gasteiger partial charge in [-0.1, -0.05) is 48.5 Å². The van der Waals surface area contributed by atoms with E-state index < -0.39 is 0 Å². The first-order valence-corrected chi connectivity index (χ1v) is 8.10. The molecule has 1 heterocycles. The number of rotatable bonds is 6. The zero-order valence-electron chi connectivity index (χ0n) is 12.3. The lowest BCUT2D eigenvalue weighted by Crippen LogP contribution is -2.27. The Kier molecular flexibility index (Phi) is 5.06. The molecule has 3 aromatic rings. The second kappa shape index (κ2) is 7.60. The van der Waals surface area contributed by atoms with Crippen molar-refractivity contribution in [3.05, 3.63) is 78.1 Å². The molecule has 2 aromatic carbocycles. The van der Waals surface area contributed by atoms with Crippen molar-refractivity contribution in [2.75, 3.05) is 0 Å². The van der Waals surface area contributed by atoms with E-state index in [1.54, 1.807) is 6.20 Å². The van der Waals surface area contributed by atoms with Gasteiger partial charge in [0.05, 0.1) is 12.7 Å². The van der Waals surface area contributed by atoms with E-state index in [-0.39, 0.29) is 11.2 Å². The van der Waals surface area contributed by atoms with E-state index in [4.69, 9.17) is 0 Å². The summed E-state index contributed by atoms with van der Waals surface area (Å²) in [4.78, 5) is 13.7. The molecule has 1 amide bonds. The highest BCUT2D eigenvalue weighted by atomic mass is 32.2. The quantitative estimate of drug-likeness (QED) is 0.684. The van der Waals surface area contributed by atoms with Crippen LogP contribution in [0.25, 0.3) is 0 Å². The molecule has 0 unspecified atom stereocenters. The molecule has 2 N–H and O–H groups in total. The van der Waals surface area contributed by atoms with Crippen molar-refractivity contribution in [1.82, 2.24) is 20.7 Å². The Hall–Kier alpha value is -2.60. The van der Waals surface area contributed by atoms with Crippen LogP contribution in [0.4, 0.5) is 0 Å². The fourth-order valence-corrected chi connectivity index (χ4v) is 3.19. The molecule has 0 aliphatic heterocycles. The van der Waals surface area contributed by atoms with Crippen LogP contribution in [0.5, 0.6) is 0 Å². The highest BCUT2D eigenvalue weighted by molar-refractivity contribution is 8.00. The molecule has 23 heavy (non-hydrogen) atoms. The van der Waals surface area contributed by atoms with Gasteiger partial charge >= 0.3 is 0 Å². The number of nitrogens with zero attached hydrogens (tertiary/aromatic N) is 2. The number of nitrogens with one attached hydrogen (secondary N) is 2. The van der Waals surface area contributed by atoms with Crippen molar-refractivity contribution < 1.29 is 4.79 Å². The Morgan fingerprint density at radius 1 is 1.09 bits per heavy atom. The van der Waals surface area contributed by atoms with Crippen LogP contribution in [0.15, 0.2) is 71.8 Å². The molecule has 1 atom stereocenters. The van der Waals surface area contributed by atoms with Gasteiger partial charge in [-0.05, 0) is 17.7 Å². The molecule has 0 fully saturated rings. The molecule has 0 aliphatic rings. The molecular formula is C17H16N4OS. The summed E-state index contributed by atoms with van der Waals surface area (Å²) in [6.07, 6.45) is 1.60. The van der Waals surface area contributed by atoms with Gasteiger partial charge in [0.2, 0.25) is 5.91 Å². The molecule has 0 spiro atoms. The zero-order valence-corrected chi connectivity index (χ0v) is 13.2. The normalized spacial score (nSPS) is 11.8. The van der Waals surface area contributed by atoms with Crippen LogP contribution in [0.1, 0.15) is 16.5 Å². The molecule has 0 saturated carbocycles. The van der Waals surface area contributed by atoms with Gasteiger partial charge in [0, 0.05) is 4.90 Å². The number of carbonyl (C=O) groups is 1. The molecule has 0 radical (unpaired) electrons. The standard InChI is InChI=1S/C17H16N4OS/c22-17(18-11-14-12-19-21-20-14)16(13-7-3-1-4-8-13)23-15-9-5-2-6-10-15/h1-10,12,16H,11H2,(H,18,22)(H,19,20,21)/t16-/m0/s1. The molecule has 1 aromatic heterocycles. The third kappa shape index (κ3) is 4.20. The summed E-state index contributed by atoms with van der Waals surface area (Å²) in [7, 11) is 0. The molecule has 0 aliphatic carbocycles. The smallest absolute Gasteiger partial charge is 0.238 e. The van der Waals surface area contributed by atoms with E-state index in [1.165, 1.54) is 11.8 Å². The van der Waals surface area contributed by atoms with Crippen LogP contribution in [0.2, 0.25) is 0 Å². The van der Waals surface area contributed by atoms with Gasteiger partial charge in [0.25, 0.3) is 0 Å². The van der Waals surface area contributed by atoms with Crippen molar-refractivity contribution in [3.63, 3.8) is 0 Å². The lowest BCUT2D eigenvalue weighted by Gasteiger charge is -2.16. The van der Waals surface area contributed by atoms with Gasteiger partial charge < -0.3 is 5.32 Å². The topological polar surface area (TPSA) is 70.7 Å². The Bertz CT molecular complexity index is 732. The van der Waals surface area contributed by atoms with E-state index in [9.17, 15) is 4.79 Å². The number of H-pyrrole nitrogens is 1. The lowest BCUT2D eigenvalue weighted by atomic mass is 10.1. The Labute approximate surface area is 138 Å². The maximum Gasteiger partial charge on any atom is 0.238 e. The predicted octanol–water partition coefficient (Wildman–Crippen LogP) is 2.95. The van der Waals surface area contributed by atoms with Gasteiger partial charge in [0.1, 0.15) is 10.9 Å². The average Bonchev–Trinajstić information content (AvgIpc) is 3.13. The number of carbonyl (C=O) groups excluding carboxylic acids is 1. The number of aromatic amines is 1. The highest BCUT2D eigenvalue weighted by Gasteiger charge is 2.21. The fourth-order valence-electron chi connectivity index (χ4n) is 2.12.